The molecule has 0 aliphatic heterocycles. The van der Waals surface area contributed by atoms with Crippen molar-refractivity contribution in [3.05, 3.63) is 54.1 Å². The summed E-state index contributed by atoms with van der Waals surface area (Å²) >= 11 is 0. The number of alkyl halides is 3. The van der Waals surface area contributed by atoms with Crippen molar-refractivity contribution in [1.29, 1.82) is 0 Å². The third-order valence-electron chi connectivity index (χ3n) is 2.68. The van der Waals surface area contributed by atoms with Crippen LogP contribution in [-0.2, 0) is 6.61 Å². The summed E-state index contributed by atoms with van der Waals surface area (Å²) in [5.41, 5.74) is 0.653. The molecule has 2 aromatic rings. The van der Waals surface area contributed by atoms with Crippen LogP contribution in [-0.4, -0.2) is 23.5 Å². The molecule has 116 valence electrons. The third kappa shape index (κ3) is 4.98. The minimum absolute atomic E-state index is 0.0358. The lowest BCUT2D eigenvalue weighted by Crippen LogP contribution is -2.30. The van der Waals surface area contributed by atoms with Crippen molar-refractivity contribution >= 4 is 12.6 Å². The predicted octanol–water partition coefficient (Wildman–Crippen LogP) is 1.84. The minimum atomic E-state index is -4.88. The van der Waals surface area contributed by atoms with E-state index in [1.165, 1.54) is 6.07 Å². The molecule has 2 N–H and O–H groups in total. The van der Waals surface area contributed by atoms with Gasteiger partial charge in [0.2, 0.25) is 0 Å². The summed E-state index contributed by atoms with van der Waals surface area (Å²) in [4.78, 5) is 0. The first-order valence-electron chi connectivity index (χ1n) is 6.27. The Morgan fingerprint density at radius 3 is 2.18 bits per heavy atom. The van der Waals surface area contributed by atoms with Gasteiger partial charge in [0.1, 0.15) is 18.1 Å². The zero-order valence-electron chi connectivity index (χ0n) is 11.2. The number of hydrogen-bond donors (Lipinski definition) is 2. The summed E-state index contributed by atoms with van der Waals surface area (Å²) in [5, 5.41) is 18.2. The Morgan fingerprint density at radius 1 is 0.955 bits per heavy atom. The lowest BCUT2D eigenvalue weighted by molar-refractivity contribution is -0.274. The topological polar surface area (TPSA) is 58.9 Å². The molecular formula is C14H12BF3O4. The van der Waals surface area contributed by atoms with Gasteiger partial charge in [-0.1, -0.05) is 30.3 Å². The molecule has 0 fully saturated rings. The van der Waals surface area contributed by atoms with E-state index in [9.17, 15) is 13.2 Å². The van der Waals surface area contributed by atoms with E-state index in [0.29, 0.717) is 0 Å². The highest BCUT2D eigenvalue weighted by molar-refractivity contribution is 6.58. The molecule has 0 aromatic heterocycles. The molecular weight excluding hydrogens is 300 g/mol. The first-order valence-corrected chi connectivity index (χ1v) is 6.27. The number of hydrogen-bond acceptors (Lipinski definition) is 4. The largest absolute Gasteiger partial charge is 0.573 e. The zero-order chi connectivity index (χ0) is 16.2. The molecule has 0 heterocycles. The van der Waals surface area contributed by atoms with Crippen LogP contribution < -0.4 is 14.9 Å². The summed E-state index contributed by atoms with van der Waals surface area (Å²) < 4.78 is 46.0. The maximum absolute atomic E-state index is 12.3. The van der Waals surface area contributed by atoms with Gasteiger partial charge in [0, 0.05) is 6.07 Å². The molecule has 0 bridgehead atoms. The van der Waals surface area contributed by atoms with E-state index in [4.69, 9.17) is 14.8 Å². The Kier molecular flexibility index (Phi) is 4.94. The summed E-state index contributed by atoms with van der Waals surface area (Å²) in [6.07, 6.45) is -4.88. The lowest BCUT2D eigenvalue weighted by Gasteiger charge is -2.13. The van der Waals surface area contributed by atoms with Gasteiger partial charge in [-0.25, -0.2) is 0 Å². The number of ether oxygens (including phenoxy) is 2. The fraction of sp³-hybridized carbons (Fsp3) is 0.143. The molecule has 0 atom stereocenters. The Bertz CT molecular complexity index is 617. The Morgan fingerprint density at radius 2 is 1.59 bits per heavy atom. The summed E-state index contributed by atoms with van der Waals surface area (Å²) in [5.74, 6) is -0.546. The van der Waals surface area contributed by atoms with Crippen LogP contribution in [0.1, 0.15) is 5.56 Å². The second-order valence-electron chi connectivity index (χ2n) is 4.43. The van der Waals surface area contributed by atoms with Crippen molar-refractivity contribution < 1.29 is 32.7 Å². The predicted molar refractivity (Wildman–Crippen MR) is 73.7 cm³/mol. The van der Waals surface area contributed by atoms with Gasteiger partial charge in [0.25, 0.3) is 0 Å². The van der Waals surface area contributed by atoms with E-state index >= 15 is 0 Å². The molecule has 2 rings (SSSR count). The van der Waals surface area contributed by atoms with E-state index in [1.54, 1.807) is 24.3 Å². The van der Waals surface area contributed by atoms with Crippen LogP contribution >= 0.6 is 0 Å². The normalized spacial score (nSPS) is 11.1. The lowest BCUT2D eigenvalue weighted by atomic mass is 9.80. The molecule has 0 aliphatic carbocycles. The van der Waals surface area contributed by atoms with Crippen LogP contribution in [0.5, 0.6) is 11.5 Å². The van der Waals surface area contributed by atoms with Gasteiger partial charge in [-0.2, -0.15) is 0 Å². The number of benzene rings is 2. The van der Waals surface area contributed by atoms with Crippen LogP contribution in [0.2, 0.25) is 0 Å². The maximum atomic E-state index is 12.3. The highest BCUT2D eigenvalue weighted by Gasteiger charge is 2.31. The van der Waals surface area contributed by atoms with Crippen molar-refractivity contribution in [3.63, 3.8) is 0 Å². The van der Waals surface area contributed by atoms with Gasteiger partial charge < -0.3 is 19.5 Å². The van der Waals surface area contributed by atoms with Crippen LogP contribution in [0.25, 0.3) is 0 Å². The SMILES string of the molecule is OB(O)c1cc(OCc2ccccc2)cc(OC(F)(F)F)c1. The molecule has 0 saturated carbocycles. The van der Waals surface area contributed by atoms with Crippen molar-refractivity contribution in [3.8, 4) is 11.5 Å². The smallest absolute Gasteiger partial charge is 0.489 e. The van der Waals surface area contributed by atoms with E-state index in [0.717, 1.165) is 17.7 Å². The van der Waals surface area contributed by atoms with Crippen molar-refractivity contribution in [2.24, 2.45) is 0 Å². The van der Waals surface area contributed by atoms with Crippen LogP contribution in [0.15, 0.2) is 48.5 Å². The monoisotopic (exact) mass is 312 g/mol. The van der Waals surface area contributed by atoms with E-state index in [-0.39, 0.29) is 17.8 Å². The average Bonchev–Trinajstić information content (AvgIpc) is 2.44. The average molecular weight is 312 g/mol. The third-order valence-corrected chi connectivity index (χ3v) is 2.68. The second-order valence-corrected chi connectivity index (χ2v) is 4.43. The number of rotatable bonds is 5. The van der Waals surface area contributed by atoms with Crippen molar-refractivity contribution in [1.82, 2.24) is 0 Å². The van der Waals surface area contributed by atoms with E-state index < -0.39 is 19.2 Å². The van der Waals surface area contributed by atoms with Gasteiger partial charge in [0.05, 0.1) is 0 Å². The summed E-state index contributed by atoms with van der Waals surface area (Å²) in [6, 6.07) is 12.1. The van der Waals surface area contributed by atoms with Gasteiger partial charge in [-0.05, 0) is 23.2 Å². The van der Waals surface area contributed by atoms with Crippen molar-refractivity contribution in [2.75, 3.05) is 0 Å². The molecule has 0 saturated heterocycles. The standard InChI is InChI=1S/C14H12BF3O4/c16-14(17,18)22-13-7-11(15(19)20)6-12(8-13)21-9-10-4-2-1-3-5-10/h1-8,19-20H,9H2. The molecule has 0 unspecified atom stereocenters. The highest BCUT2D eigenvalue weighted by atomic mass is 19.4. The number of halogens is 3. The van der Waals surface area contributed by atoms with E-state index in [1.807, 2.05) is 6.07 Å². The molecule has 4 nitrogen and oxygen atoms in total. The molecule has 8 heteroatoms. The van der Waals surface area contributed by atoms with Crippen molar-refractivity contribution in [2.45, 2.75) is 13.0 Å². The van der Waals surface area contributed by atoms with Crippen LogP contribution in [0.4, 0.5) is 13.2 Å². The molecule has 2 aromatic carbocycles. The highest BCUT2D eigenvalue weighted by Crippen LogP contribution is 2.26. The minimum Gasteiger partial charge on any atom is -0.489 e. The molecule has 0 radical (unpaired) electrons. The van der Waals surface area contributed by atoms with E-state index in [2.05, 4.69) is 4.74 Å². The first-order chi connectivity index (χ1) is 10.3. The Hall–Kier alpha value is -2.19. The Balaban J connectivity index is 2.18. The fourth-order valence-electron chi connectivity index (χ4n) is 1.76. The molecule has 0 amide bonds. The first kappa shape index (κ1) is 16.2. The summed E-state index contributed by atoms with van der Waals surface area (Å²) in [6.45, 7) is 0.122. The second kappa shape index (κ2) is 6.72. The molecule has 22 heavy (non-hydrogen) atoms. The van der Waals surface area contributed by atoms with Gasteiger partial charge in [-0.3, -0.25) is 0 Å². The quantitative estimate of drug-likeness (QED) is 0.827. The van der Waals surface area contributed by atoms with Crippen LogP contribution in [0, 0.1) is 0 Å². The van der Waals surface area contributed by atoms with Crippen LogP contribution in [0.3, 0.4) is 0 Å². The van der Waals surface area contributed by atoms with Gasteiger partial charge >= 0.3 is 13.5 Å². The Labute approximate surface area is 124 Å². The maximum Gasteiger partial charge on any atom is 0.573 e. The summed E-state index contributed by atoms with van der Waals surface area (Å²) in [7, 11) is -1.93. The molecule has 0 aliphatic rings. The molecule has 0 spiro atoms. The fourth-order valence-corrected chi connectivity index (χ4v) is 1.76. The zero-order valence-corrected chi connectivity index (χ0v) is 11.2. The van der Waals surface area contributed by atoms with Gasteiger partial charge in [0.15, 0.2) is 0 Å². The van der Waals surface area contributed by atoms with Gasteiger partial charge in [-0.15, -0.1) is 13.2 Å².